The van der Waals surface area contributed by atoms with E-state index in [-0.39, 0.29) is 30.1 Å². The third-order valence-corrected chi connectivity index (χ3v) is 4.55. The molecule has 0 spiro atoms. The zero-order valence-corrected chi connectivity index (χ0v) is 9.84. The van der Waals surface area contributed by atoms with Gasteiger partial charge in [0.2, 0.25) is 0 Å². The summed E-state index contributed by atoms with van der Waals surface area (Å²) in [5, 5.41) is 8.88. The molecule has 2 aliphatic carbocycles. The van der Waals surface area contributed by atoms with Crippen molar-refractivity contribution in [2.75, 3.05) is 7.11 Å². The van der Waals surface area contributed by atoms with Gasteiger partial charge < -0.3 is 9.84 Å². The van der Waals surface area contributed by atoms with Gasteiger partial charge in [-0.05, 0) is 29.6 Å². The van der Waals surface area contributed by atoms with Crippen LogP contribution in [0.4, 0.5) is 0 Å². The van der Waals surface area contributed by atoms with E-state index >= 15 is 0 Å². The molecule has 90 valence electrons. The molecule has 0 bridgehead atoms. The van der Waals surface area contributed by atoms with Crippen molar-refractivity contribution in [2.24, 2.45) is 35.5 Å². The van der Waals surface area contributed by atoms with Crippen molar-refractivity contribution in [1.82, 2.24) is 0 Å². The van der Waals surface area contributed by atoms with Crippen molar-refractivity contribution in [3.8, 4) is 0 Å². The molecule has 4 nitrogen and oxygen atoms in total. The van der Waals surface area contributed by atoms with E-state index in [0.717, 1.165) is 0 Å². The number of carbonyl (C=O) groups is 2. The standard InChI is InChI=1S/C12H18O4/c1-5-7(4-8(13)14)9-6(2)10(9)11(5)12(15)16-3/h5-7,9-11H,4H2,1-3H3,(H,13,14). The van der Waals surface area contributed by atoms with Crippen LogP contribution in [0.15, 0.2) is 0 Å². The highest BCUT2D eigenvalue weighted by Crippen LogP contribution is 2.66. The number of carboxylic acids is 1. The molecule has 0 aliphatic heterocycles. The average Bonchev–Trinajstić information content (AvgIpc) is 2.75. The fourth-order valence-corrected chi connectivity index (χ4v) is 3.77. The van der Waals surface area contributed by atoms with Crippen LogP contribution in [-0.4, -0.2) is 24.2 Å². The summed E-state index contributed by atoms with van der Waals surface area (Å²) in [4.78, 5) is 22.5. The van der Waals surface area contributed by atoms with E-state index in [1.54, 1.807) is 0 Å². The SMILES string of the molecule is COC(=O)C1C(C)C(CC(=O)O)C2C(C)C12. The van der Waals surface area contributed by atoms with Crippen molar-refractivity contribution < 1.29 is 19.4 Å². The van der Waals surface area contributed by atoms with Crippen LogP contribution in [0.3, 0.4) is 0 Å². The smallest absolute Gasteiger partial charge is 0.309 e. The van der Waals surface area contributed by atoms with Crippen molar-refractivity contribution >= 4 is 11.9 Å². The lowest BCUT2D eigenvalue weighted by Crippen LogP contribution is -2.27. The molecule has 0 aromatic carbocycles. The molecule has 2 fully saturated rings. The number of carboxylic acid groups (broad SMARTS) is 1. The fraction of sp³-hybridized carbons (Fsp3) is 0.833. The number of methoxy groups -OCH3 is 1. The lowest BCUT2D eigenvalue weighted by atomic mass is 9.82. The molecule has 16 heavy (non-hydrogen) atoms. The summed E-state index contributed by atoms with van der Waals surface area (Å²) in [6.07, 6.45) is 0.181. The summed E-state index contributed by atoms with van der Waals surface area (Å²) >= 11 is 0. The lowest BCUT2D eigenvalue weighted by molar-refractivity contribution is -0.149. The first kappa shape index (κ1) is 11.4. The Morgan fingerprint density at radius 3 is 2.31 bits per heavy atom. The second-order valence-electron chi connectivity index (χ2n) is 5.18. The summed E-state index contributed by atoms with van der Waals surface area (Å²) in [5.41, 5.74) is 0. The molecule has 0 aromatic heterocycles. The second-order valence-corrected chi connectivity index (χ2v) is 5.18. The summed E-state index contributed by atoms with van der Waals surface area (Å²) in [6, 6.07) is 0. The first-order valence-corrected chi connectivity index (χ1v) is 5.78. The Morgan fingerprint density at radius 1 is 1.19 bits per heavy atom. The van der Waals surface area contributed by atoms with Gasteiger partial charge in [-0.3, -0.25) is 9.59 Å². The van der Waals surface area contributed by atoms with Crippen molar-refractivity contribution in [3.05, 3.63) is 0 Å². The number of rotatable bonds is 3. The molecule has 6 atom stereocenters. The number of hydrogen-bond donors (Lipinski definition) is 1. The van der Waals surface area contributed by atoms with Crippen LogP contribution >= 0.6 is 0 Å². The average molecular weight is 226 g/mol. The third kappa shape index (κ3) is 1.51. The molecule has 2 rings (SSSR count). The maximum absolute atomic E-state index is 11.7. The summed E-state index contributed by atoms with van der Waals surface area (Å²) in [6.45, 7) is 4.08. The first-order valence-electron chi connectivity index (χ1n) is 5.78. The molecule has 0 saturated heterocycles. The predicted octanol–water partition coefficient (Wildman–Crippen LogP) is 1.40. The Balaban J connectivity index is 2.14. The topological polar surface area (TPSA) is 63.6 Å². The van der Waals surface area contributed by atoms with Gasteiger partial charge in [0.15, 0.2) is 0 Å². The first-order chi connectivity index (χ1) is 7.49. The zero-order valence-electron chi connectivity index (χ0n) is 9.84. The van der Waals surface area contributed by atoms with E-state index in [2.05, 4.69) is 6.92 Å². The number of carbonyl (C=O) groups excluding carboxylic acids is 1. The predicted molar refractivity (Wildman–Crippen MR) is 56.6 cm³/mol. The fourth-order valence-electron chi connectivity index (χ4n) is 3.77. The quantitative estimate of drug-likeness (QED) is 0.739. The Labute approximate surface area is 95.0 Å². The van der Waals surface area contributed by atoms with Gasteiger partial charge >= 0.3 is 11.9 Å². The van der Waals surface area contributed by atoms with Gasteiger partial charge in [-0.2, -0.15) is 0 Å². The van der Waals surface area contributed by atoms with Crippen LogP contribution in [0.25, 0.3) is 0 Å². The Kier molecular flexibility index (Phi) is 2.68. The molecule has 0 amide bonds. The van der Waals surface area contributed by atoms with Crippen LogP contribution in [0, 0.1) is 35.5 Å². The van der Waals surface area contributed by atoms with E-state index in [1.807, 2.05) is 6.92 Å². The van der Waals surface area contributed by atoms with E-state index in [1.165, 1.54) is 7.11 Å². The molecular weight excluding hydrogens is 208 g/mol. The Bertz CT molecular complexity index is 325. The molecule has 1 N–H and O–H groups in total. The Morgan fingerprint density at radius 2 is 1.81 bits per heavy atom. The zero-order chi connectivity index (χ0) is 12.0. The van der Waals surface area contributed by atoms with Crippen LogP contribution in [0.1, 0.15) is 20.3 Å². The normalized spacial score (nSPS) is 44.9. The Hall–Kier alpha value is -1.06. The molecule has 2 aliphatic rings. The second kappa shape index (κ2) is 3.75. The minimum absolute atomic E-state index is 0.0886. The van der Waals surface area contributed by atoms with Crippen molar-refractivity contribution in [3.63, 3.8) is 0 Å². The van der Waals surface area contributed by atoms with Gasteiger partial charge in [-0.15, -0.1) is 0 Å². The number of fused-ring (bicyclic) bond motifs is 1. The molecule has 0 heterocycles. The van der Waals surface area contributed by atoms with Gasteiger partial charge in [-0.1, -0.05) is 13.8 Å². The van der Waals surface area contributed by atoms with E-state index in [4.69, 9.17) is 9.84 Å². The highest BCUT2D eigenvalue weighted by Gasteiger charge is 2.65. The van der Waals surface area contributed by atoms with Gasteiger partial charge in [0, 0.05) is 6.42 Å². The molecule has 6 unspecified atom stereocenters. The van der Waals surface area contributed by atoms with Gasteiger partial charge in [-0.25, -0.2) is 0 Å². The largest absolute Gasteiger partial charge is 0.481 e. The van der Waals surface area contributed by atoms with Gasteiger partial charge in [0.05, 0.1) is 13.0 Å². The summed E-state index contributed by atoms with van der Waals surface area (Å²) in [5.74, 6) is 0.498. The van der Waals surface area contributed by atoms with Crippen molar-refractivity contribution in [2.45, 2.75) is 20.3 Å². The van der Waals surface area contributed by atoms with Crippen LogP contribution in [0.5, 0.6) is 0 Å². The number of esters is 1. The van der Waals surface area contributed by atoms with E-state index < -0.39 is 5.97 Å². The highest BCUT2D eigenvalue weighted by atomic mass is 16.5. The molecule has 4 heteroatoms. The molecule has 0 aromatic rings. The number of hydrogen-bond acceptors (Lipinski definition) is 3. The van der Waals surface area contributed by atoms with Gasteiger partial charge in [0.1, 0.15) is 0 Å². The third-order valence-electron chi connectivity index (χ3n) is 4.55. The number of ether oxygens (including phenoxy) is 1. The van der Waals surface area contributed by atoms with Crippen LogP contribution in [0.2, 0.25) is 0 Å². The van der Waals surface area contributed by atoms with E-state index in [0.29, 0.717) is 17.8 Å². The maximum atomic E-state index is 11.7. The lowest BCUT2D eigenvalue weighted by Gasteiger charge is -2.23. The van der Waals surface area contributed by atoms with Crippen LogP contribution in [-0.2, 0) is 14.3 Å². The summed E-state index contributed by atoms with van der Waals surface area (Å²) in [7, 11) is 1.40. The summed E-state index contributed by atoms with van der Waals surface area (Å²) < 4.78 is 4.82. The minimum Gasteiger partial charge on any atom is -0.481 e. The highest BCUT2D eigenvalue weighted by molar-refractivity contribution is 5.75. The van der Waals surface area contributed by atoms with Crippen molar-refractivity contribution in [1.29, 1.82) is 0 Å². The monoisotopic (exact) mass is 226 g/mol. The molecule has 2 saturated carbocycles. The molecular formula is C12H18O4. The van der Waals surface area contributed by atoms with E-state index in [9.17, 15) is 9.59 Å². The minimum atomic E-state index is -0.764. The molecule has 0 radical (unpaired) electrons. The maximum Gasteiger partial charge on any atom is 0.309 e. The number of aliphatic carboxylic acids is 1. The van der Waals surface area contributed by atoms with Crippen LogP contribution < -0.4 is 0 Å². The van der Waals surface area contributed by atoms with Gasteiger partial charge in [0.25, 0.3) is 0 Å².